The molecule has 4 aromatic rings. The second-order valence-electron chi connectivity index (χ2n) is 10.00. The van der Waals surface area contributed by atoms with E-state index in [1.165, 1.54) is 6.07 Å². The van der Waals surface area contributed by atoms with Crippen molar-refractivity contribution >= 4 is 46.4 Å². The molecule has 0 radical (unpaired) electrons. The number of nitrogens with zero attached hydrogens (tertiary/aromatic N) is 6. The van der Waals surface area contributed by atoms with Crippen molar-refractivity contribution in [3.8, 4) is 11.3 Å². The van der Waals surface area contributed by atoms with Crippen molar-refractivity contribution in [1.82, 2.24) is 29.5 Å². The summed E-state index contributed by atoms with van der Waals surface area (Å²) in [5.41, 5.74) is 7.37. The fourth-order valence-corrected chi connectivity index (χ4v) is 5.27. The van der Waals surface area contributed by atoms with E-state index >= 15 is 0 Å². The number of carbonyl (C=O) groups excluding carboxylic acids is 1. The lowest BCUT2D eigenvalue weighted by atomic mass is 9.97. The van der Waals surface area contributed by atoms with Gasteiger partial charge in [0.2, 0.25) is 5.95 Å². The zero-order valence-electron chi connectivity index (χ0n) is 22.0. The number of nitrogens with one attached hydrogen (secondary N) is 1. The zero-order valence-corrected chi connectivity index (χ0v) is 23.6. The van der Waals surface area contributed by atoms with Crippen LogP contribution < -0.4 is 11.1 Å². The van der Waals surface area contributed by atoms with E-state index in [4.69, 9.17) is 44.0 Å². The van der Waals surface area contributed by atoms with Gasteiger partial charge in [0, 0.05) is 34.8 Å². The summed E-state index contributed by atoms with van der Waals surface area (Å²) in [6.07, 6.45) is -2.14. The van der Waals surface area contributed by atoms with Crippen molar-refractivity contribution in [1.29, 1.82) is 0 Å². The number of benzene rings is 1. The molecule has 216 valence electrons. The first-order chi connectivity index (χ1) is 19.5. The third kappa shape index (κ3) is 6.55. The van der Waals surface area contributed by atoms with Gasteiger partial charge in [0.25, 0.3) is 5.78 Å². The number of nitrogen functional groups attached to an aromatic ring is 1. The number of ketones is 1. The van der Waals surface area contributed by atoms with E-state index in [0.717, 1.165) is 37.8 Å². The molecule has 0 amide bonds. The fourth-order valence-electron chi connectivity index (χ4n) is 4.77. The summed E-state index contributed by atoms with van der Waals surface area (Å²) in [7, 11) is 2.10. The van der Waals surface area contributed by atoms with Gasteiger partial charge in [-0.05, 0) is 76.2 Å². The number of hydrogen-bond acceptors (Lipinski definition) is 8. The smallest absolute Gasteiger partial charge is 0.383 e. The lowest BCUT2D eigenvalue weighted by Crippen LogP contribution is -2.29. The van der Waals surface area contributed by atoms with Gasteiger partial charge in [-0.2, -0.15) is 17.7 Å². The van der Waals surface area contributed by atoms with Crippen molar-refractivity contribution in [3.63, 3.8) is 0 Å². The van der Waals surface area contributed by atoms with E-state index in [1.54, 1.807) is 22.7 Å². The van der Waals surface area contributed by atoms with Crippen LogP contribution in [0.15, 0.2) is 36.4 Å². The van der Waals surface area contributed by atoms with Crippen LogP contribution in [-0.2, 0) is 6.42 Å². The first-order valence-electron chi connectivity index (χ1n) is 13.0. The fraction of sp³-hybridized carbons (Fsp3) is 0.370. The normalized spacial score (nSPS) is 15.0. The zero-order chi connectivity index (χ0) is 29.3. The Morgan fingerprint density at radius 3 is 2.54 bits per heavy atom. The highest BCUT2D eigenvalue weighted by atomic mass is 35.5. The average Bonchev–Trinajstić information content (AvgIpc) is 3.35. The molecular weight excluding hydrogens is 580 g/mol. The Hall–Kier alpha value is -3.48. The minimum absolute atomic E-state index is 0.241. The summed E-state index contributed by atoms with van der Waals surface area (Å²) in [6, 6.07) is 9.46. The molecule has 1 aromatic carbocycles. The molecule has 3 aromatic heterocycles. The number of aromatic nitrogens is 5. The molecule has 1 fully saturated rings. The summed E-state index contributed by atoms with van der Waals surface area (Å²) in [4.78, 5) is 27.4. The minimum Gasteiger partial charge on any atom is -0.383 e. The molecule has 0 atom stereocenters. The number of pyridine rings is 1. The Kier molecular flexibility index (Phi) is 8.35. The summed E-state index contributed by atoms with van der Waals surface area (Å²) < 4.78 is 40.0. The van der Waals surface area contributed by atoms with Crippen LogP contribution in [0.25, 0.3) is 16.9 Å². The number of nitrogens with two attached hydrogens (primary N) is 1. The van der Waals surface area contributed by atoms with E-state index in [-0.39, 0.29) is 5.92 Å². The van der Waals surface area contributed by atoms with Gasteiger partial charge in [0.05, 0.1) is 16.3 Å². The van der Waals surface area contributed by atoms with Crippen LogP contribution in [0.2, 0.25) is 10.0 Å². The molecule has 14 heteroatoms. The SMILES string of the molecule is CN1CCC(c2nc3cc(-c4ccc(Cl)cc4Cl)nc(NCCCc4ccc(C(=O)C(F)(F)F)c(N)n4)n3n2)CC1. The van der Waals surface area contributed by atoms with E-state index in [0.29, 0.717) is 58.0 Å². The van der Waals surface area contributed by atoms with Gasteiger partial charge >= 0.3 is 6.18 Å². The Labute approximate surface area is 243 Å². The molecule has 0 bridgehead atoms. The maximum Gasteiger partial charge on any atom is 0.455 e. The third-order valence-corrected chi connectivity index (χ3v) is 7.56. The number of likely N-dealkylation sites (tertiary alicyclic amines) is 1. The molecule has 0 unspecified atom stereocenters. The number of hydrogen-bond donors (Lipinski definition) is 2. The Morgan fingerprint density at radius 2 is 1.85 bits per heavy atom. The van der Waals surface area contributed by atoms with Gasteiger partial charge in [-0.3, -0.25) is 4.79 Å². The summed E-state index contributed by atoms with van der Waals surface area (Å²) in [6.45, 7) is 2.38. The van der Waals surface area contributed by atoms with Gasteiger partial charge in [-0.15, -0.1) is 5.10 Å². The van der Waals surface area contributed by atoms with Gasteiger partial charge in [-0.1, -0.05) is 23.2 Å². The number of rotatable bonds is 8. The lowest BCUT2D eigenvalue weighted by Gasteiger charge is -2.26. The second kappa shape index (κ2) is 11.8. The minimum atomic E-state index is -5.01. The molecule has 0 aliphatic carbocycles. The molecule has 3 N–H and O–H groups in total. The van der Waals surface area contributed by atoms with Crippen LogP contribution in [0.4, 0.5) is 24.9 Å². The van der Waals surface area contributed by atoms with Crippen molar-refractivity contribution in [2.75, 3.05) is 37.7 Å². The number of halogens is 5. The standard InChI is InChI=1S/C27H27Cl2F3N8O/c1-39-11-8-15(9-12-39)25-37-22-14-21(18-6-4-16(28)13-20(18)29)36-26(40(22)38-25)34-10-2-3-17-5-7-19(24(33)35-17)23(41)27(30,31)32/h4-7,13-15H,2-3,8-12H2,1H3,(H2,33,35)(H,34,36). The van der Waals surface area contributed by atoms with Gasteiger partial charge in [0.1, 0.15) is 5.82 Å². The van der Waals surface area contributed by atoms with Crippen LogP contribution in [0.3, 0.4) is 0 Å². The Bertz CT molecular complexity index is 1590. The Balaban J connectivity index is 1.36. The molecule has 5 rings (SSSR count). The van der Waals surface area contributed by atoms with Gasteiger partial charge in [-0.25, -0.2) is 15.0 Å². The van der Waals surface area contributed by atoms with Crippen LogP contribution in [0, 0.1) is 0 Å². The van der Waals surface area contributed by atoms with E-state index in [9.17, 15) is 18.0 Å². The largest absolute Gasteiger partial charge is 0.455 e. The highest BCUT2D eigenvalue weighted by Gasteiger charge is 2.40. The van der Waals surface area contributed by atoms with Crippen LogP contribution in [0.5, 0.6) is 0 Å². The first kappa shape index (κ1) is 29.0. The van der Waals surface area contributed by atoms with Crippen molar-refractivity contribution < 1.29 is 18.0 Å². The van der Waals surface area contributed by atoms with Crippen LogP contribution in [0.1, 0.15) is 47.1 Å². The number of fused-ring (bicyclic) bond motifs is 1. The molecule has 1 aliphatic rings. The van der Waals surface area contributed by atoms with E-state index in [2.05, 4.69) is 22.2 Å². The van der Waals surface area contributed by atoms with Crippen molar-refractivity contribution in [2.45, 2.75) is 37.8 Å². The average molecular weight is 607 g/mol. The van der Waals surface area contributed by atoms with Crippen LogP contribution in [-0.4, -0.2) is 68.1 Å². The molecule has 41 heavy (non-hydrogen) atoms. The number of anilines is 2. The number of piperidine rings is 1. The number of alkyl halides is 3. The summed E-state index contributed by atoms with van der Waals surface area (Å²) in [5, 5.41) is 9.04. The quantitative estimate of drug-likeness (QED) is 0.195. The van der Waals surface area contributed by atoms with Crippen molar-refractivity contribution in [2.24, 2.45) is 0 Å². The first-order valence-corrected chi connectivity index (χ1v) is 13.8. The maximum absolute atomic E-state index is 12.8. The number of Topliss-reactive ketones (excluding diaryl/α,β-unsaturated/α-hetero) is 1. The topological polar surface area (TPSA) is 114 Å². The second-order valence-corrected chi connectivity index (χ2v) is 10.8. The molecule has 1 saturated heterocycles. The summed E-state index contributed by atoms with van der Waals surface area (Å²) >= 11 is 12.6. The highest BCUT2D eigenvalue weighted by Crippen LogP contribution is 2.32. The number of aryl methyl sites for hydroxylation is 1. The van der Waals surface area contributed by atoms with E-state index < -0.39 is 23.3 Å². The number of carbonyl (C=O) groups is 1. The Morgan fingerprint density at radius 1 is 1.10 bits per heavy atom. The molecule has 1 aliphatic heterocycles. The van der Waals surface area contributed by atoms with Crippen molar-refractivity contribution in [3.05, 3.63) is 63.5 Å². The van der Waals surface area contributed by atoms with E-state index in [1.807, 2.05) is 6.07 Å². The molecule has 0 spiro atoms. The summed E-state index contributed by atoms with van der Waals surface area (Å²) in [5.74, 6) is -0.994. The molecule has 9 nitrogen and oxygen atoms in total. The third-order valence-electron chi connectivity index (χ3n) is 7.01. The maximum atomic E-state index is 12.8. The van der Waals surface area contributed by atoms with Crippen LogP contribution >= 0.6 is 23.2 Å². The van der Waals surface area contributed by atoms with Gasteiger partial charge in [0.15, 0.2) is 11.5 Å². The predicted octanol–water partition coefficient (Wildman–Crippen LogP) is 5.67. The van der Waals surface area contributed by atoms with Gasteiger partial charge < -0.3 is 16.0 Å². The monoisotopic (exact) mass is 606 g/mol. The lowest BCUT2D eigenvalue weighted by molar-refractivity contribution is -0.0884. The highest BCUT2D eigenvalue weighted by molar-refractivity contribution is 6.36. The molecule has 0 saturated carbocycles. The predicted molar refractivity (Wildman–Crippen MR) is 152 cm³/mol. The molecular formula is C27H27Cl2F3N8O. The molecule has 4 heterocycles.